The van der Waals surface area contributed by atoms with Crippen molar-refractivity contribution in [2.24, 2.45) is 5.73 Å². The van der Waals surface area contributed by atoms with Gasteiger partial charge in [-0.1, -0.05) is 29.3 Å². The number of hydrogen-bond donors (Lipinski definition) is 1. The van der Waals surface area contributed by atoms with Crippen LogP contribution in [0.4, 0.5) is 19.1 Å². The quantitative estimate of drug-likeness (QED) is 0.613. The molecule has 0 radical (unpaired) electrons. The molecule has 1 fully saturated rings. The maximum absolute atomic E-state index is 14.0. The Bertz CT molecular complexity index is 1070. The lowest BCUT2D eigenvalue weighted by atomic mass is 10.0. The zero-order valence-electron chi connectivity index (χ0n) is 15.5. The molecule has 4 rings (SSSR count). The van der Waals surface area contributed by atoms with Gasteiger partial charge in [-0.15, -0.1) is 0 Å². The lowest BCUT2D eigenvalue weighted by Crippen LogP contribution is -2.50. The number of imidazole rings is 1. The Hall–Kier alpha value is -1.96. The maximum Gasteiger partial charge on any atom is 0.207 e. The van der Waals surface area contributed by atoms with Gasteiger partial charge in [0.25, 0.3) is 0 Å². The number of benzene rings is 2. The lowest BCUT2D eigenvalue weighted by Gasteiger charge is -2.35. The highest BCUT2D eigenvalue weighted by Crippen LogP contribution is 2.35. The Labute approximate surface area is 176 Å². The van der Waals surface area contributed by atoms with Gasteiger partial charge >= 0.3 is 0 Å². The number of nitrogens with two attached hydrogens (primary N) is 1. The minimum absolute atomic E-state index is 0.254. The average Bonchev–Trinajstić information content (AvgIpc) is 3.04. The average molecular weight is 443 g/mol. The molecule has 2 aromatic carbocycles. The Balaban J connectivity index is 1.87. The summed E-state index contributed by atoms with van der Waals surface area (Å²) in [6.45, 7) is 2.55. The number of alkyl halides is 1. The summed E-state index contributed by atoms with van der Waals surface area (Å²) in [4.78, 5) is 6.38. The van der Waals surface area contributed by atoms with Crippen LogP contribution in [0.15, 0.2) is 30.3 Å². The van der Waals surface area contributed by atoms with E-state index < -0.39 is 23.8 Å². The van der Waals surface area contributed by atoms with Gasteiger partial charge in [0.2, 0.25) is 5.95 Å². The first-order valence-corrected chi connectivity index (χ1v) is 9.98. The van der Waals surface area contributed by atoms with Gasteiger partial charge in [0.15, 0.2) is 11.6 Å². The van der Waals surface area contributed by atoms with Crippen molar-refractivity contribution in [1.82, 2.24) is 9.55 Å². The predicted octanol–water partition coefficient (Wildman–Crippen LogP) is 5.11. The van der Waals surface area contributed by atoms with Crippen LogP contribution in [0.2, 0.25) is 10.0 Å². The van der Waals surface area contributed by atoms with E-state index in [4.69, 9.17) is 28.9 Å². The first kappa shape index (κ1) is 20.3. The number of nitrogens with zero attached hydrogens (tertiary/aromatic N) is 3. The number of piperidine rings is 1. The molecular formula is C20H19Cl2F3N4. The monoisotopic (exact) mass is 442 g/mol. The molecule has 2 N–H and O–H groups in total. The molecule has 2 heterocycles. The molecule has 29 heavy (non-hydrogen) atoms. The van der Waals surface area contributed by atoms with Gasteiger partial charge in [-0.3, -0.25) is 0 Å². The summed E-state index contributed by atoms with van der Waals surface area (Å²) in [5, 5.41) is 0.807. The lowest BCUT2D eigenvalue weighted by molar-refractivity contribution is 0.243. The van der Waals surface area contributed by atoms with Crippen molar-refractivity contribution in [2.45, 2.75) is 31.6 Å². The van der Waals surface area contributed by atoms with Gasteiger partial charge in [-0.25, -0.2) is 18.2 Å². The predicted molar refractivity (Wildman–Crippen MR) is 110 cm³/mol. The van der Waals surface area contributed by atoms with E-state index in [1.807, 2.05) is 17.9 Å². The van der Waals surface area contributed by atoms with Crippen molar-refractivity contribution in [1.29, 1.82) is 0 Å². The first-order valence-electron chi connectivity index (χ1n) is 9.22. The maximum atomic E-state index is 14.0. The zero-order chi connectivity index (χ0) is 20.9. The zero-order valence-corrected chi connectivity index (χ0v) is 17.1. The summed E-state index contributed by atoms with van der Waals surface area (Å²) in [6.07, 6.45) is -0.833. The van der Waals surface area contributed by atoms with Crippen LogP contribution in [0.1, 0.15) is 24.9 Å². The van der Waals surface area contributed by atoms with E-state index in [2.05, 4.69) is 4.98 Å². The number of fused-ring (bicyclic) bond motifs is 1. The summed E-state index contributed by atoms with van der Waals surface area (Å²) in [5.74, 6) is -1.47. The second kappa shape index (κ2) is 7.70. The van der Waals surface area contributed by atoms with E-state index in [0.717, 1.165) is 17.7 Å². The Morgan fingerprint density at radius 3 is 2.55 bits per heavy atom. The number of aromatic nitrogens is 2. The molecule has 0 spiro atoms. The molecule has 0 saturated carbocycles. The molecule has 1 aliphatic rings. The Morgan fingerprint density at radius 1 is 1.14 bits per heavy atom. The van der Waals surface area contributed by atoms with E-state index in [1.165, 1.54) is 0 Å². The van der Waals surface area contributed by atoms with Gasteiger partial charge in [0.05, 0.1) is 33.2 Å². The van der Waals surface area contributed by atoms with Crippen LogP contribution in [0.5, 0.6) is 0 Å². The highest BCUT2D eigenvalue weighted by molar-refractivity contribution is 6.42. The van der Waals surface area contributed by atoms with Crippen molar-refractivity contribution >= 4 is 40.2 Å². The van der Waals surface area contributed by atoms with Gasteiger partial charge in [-0.2, -0.15) is 0 Å². The molecule has 9 heteroatoms. The molecule has 0 amide bonds. The van der Waals surface area contributed by atoms with Crippen LogP contribution >= 0.6 is 23.2 Å². The van der Waals surface area contributed by atoms with E-state index in [9.17, 15) is 13.2 Å². The molecule has 154 valence electrons. The largest absolute Gasteiger partial charge is 0.340 e. The van der Waals surface area contributed by atoms with Crippen LogP contribution in [0.3, 0.4) is 0 Å². The molecule has 3 atom stereocenters. The summed E-state index contributed by atoms with van der Waals surface area (Å²) in [7, 11) is 0. The molecular weight excluding hydrogens is 424 g/mol. The SMILES string of the molecule is CC(c1ccc(Cl)c(Cl)c1)n1c(N2CC[C@@H](F)[C@H](N)C2)nc2cc(F)c(F)cc21. The van der Waals surface area contributed by atoms with Gasteiger partial charge in [-0.05, 0) is 31.0 Å². The smallest absolute Gasteiger partial charge is 0.207 e. The number of anilines is 1. The second-order valence-electron chi connectivity index (χ2n) is 7.30. The van der Waals surface area contributed by atoms with Crippen molar-refractivity contribution in [3.05, 3.63) is 57.6 Å². The molecule has 3 aromatic rings. The third kappa shape index (κ3) is 3.67. The second-order valence-corrected chi connectivity index (χ2v) is 8.12. The van der Waals surface area contributed by atoms with Crippen molar-refractivity contribution in [3.63, 3.8) is 0 Å². The molecule has 4 nitrogen and oxygen atoms in total. The van der Waals surface area contributed by atoms with Crippen LogP contribution < -0.4 is 10.6 Å². The van der Waals surface area contributed by atoms with E-state index in [1.54, 1.807) is 16.7 Å². The number of hydrogen-bond acceptors (Lipinski definition) is 3. The summed E-state index contributed by atoms with van der Waals surface area (Å²) in [6, 6.07) is 6.42. The third-order valence-corrected chi connectivity index (χ3v) is 6.12. The number of rotatable bonds is 3. The van der Waals surface area contributed by atoms with Crippen LogP contribution in [0.25, 0.3) is 11.0 Å². The minimum atomic E-state index is -1.09. The minimum Gasteiger partial charge on any atom is -0.340 e. The van der Waals surface area contributed by atoms with Gasteiger partial charge < -0.3 is 15.2 Å². The van der Waals surface area contributed by atoms with Crippen molar-refractivity contribution < 1.29 is 13.2 Å². The molecule has 0 aliphatic carbocycles. The normalized spacial score (nSPS) is 21.0. The standard InChI is InChI=1S/C20H19Cl2F3N4/c1-10(11-2-3-12(21)13(22)6-11)29-19-8-16(25)15(24)7-18(19)27-20(29)28-5-4-14(23)17(26)9-28/h2-3,6-8,10,14,17H,4-5,9,26H2,1H3/t10?,14-,17-/m1/s1. The summed E-state index contributed by atoms with van der Waals surface area (Å²) in [5.41, 5.74) is 7.46. The van der Waals surface area contributed by atoms with Gasteiger partial charge in [0, 0.05) is 25.2 Å². The van der Waals surface area contributed by atoms with Crippen LogP contribution in [-0.2, 0) is 0 Å². The topological polar surface area (TPSA) is 47.1 Å². The summed E-state index contributed by atoms with van der Waals surface area (Å²) >= 11 is 12.2. The molecule has 1 saturated heterocycles. The van der Waals surface area contributed by atoms with Crippen molar-refractivity contribution in [3.8, 4) is 0 Å². The highest BCUT2D eigenvalue weighted by Gasteiger charge is 2.30. The fraction of sp³-hybridized carbons (Fsp3) is 0.350. The third-order valence-electron chi connectivity index (χ3n) is 5.38. The van der Waals surface area contributed by atoms with Gasteiger partial charge in [0.1, 0.15) is 6.17 Å². The fourth-order valence-electron chi connectivity index (χ4n) is 3.74. The fourth-order valence-corrected chi connectivity index (χ4v) is 4.05. The first-order chi connectivity index (χ1) is 13.8. The molecule has 1 aliphatic heterocycles. The van der Waals surface area contributed by atoms with Crippen LogP contribution in [-0.4, -0.2) is 34.9 Å². The Morgan fingerprint density at radius 2 is 1.86 bits per heavy atom. The molecule has 1 unspecified atom stereocenters. The summed E-state index contributed by atoms with van der Waals surface area (Å²) < 4.78 is 43.5. The number of halogens is 5. The van der Waals surface area contributed by atoms with E-state index in [0.29, 0.717) is 33.6 Å². The Kier molecular flexibility index (Phi) is 5.40. The highest BCUT2D eigenvalue weighted by atomic mass is 35.5. The molecule has 1 aromatic heterocycles. The van der Waals surface area contributed by atoms with Crippen molar-refractivity contribution in [2.75, 3.05) is 18.0 Å². The van der Waals surface area contributed by atoms with E-state index in [-0.39, 0.29) is 19.0 Å². The van der Waals surface area contributed by atoms with Crippen LogP contribution in [0, 0.1) is 11.6 Å². The molecule has 0 bridgehead atoms. The van der Waals surface area contributed by atoms with E-state index >= 15 is 0 Å².